The second-order valence-corrected chi connectivity index (χ2v) is 6.83. The number of ether oxygens (including phenoxy) is 1. The van der Waals surface area contributed by atoms with Gasteiger partial charge < -0.3 is 15.0 Å². The molecule has 0 bridgehead atoms. The minimum atomic E-state index is 0.523. The van der Waals surface area contributed by atoms with E-state index >= 15 is 0 Å². The Morgan fingerprint density at radius 1 is 1.35 bits per heavy atom. The van der Waals surface area contributed by atoms with Crippen LogP contribution in [0, 0.1) is 12.8 Å². The third kappa shape index (κ3) is 5.38. The first kappa shape index (κ1) is 17.4. The van der Waals surface area contributed by atoms with Crippen LogP contribution in [0.2, 0.25) is 0 Å². The number of aromatic nitrogens is 1. The normalized spacial score (nSPS) is 12.9. The van der Waals surface area contributed by atoms with Crippen molar-refractivity contribution >= 4 is 16.5 Å². The third-order valence-electron chi connectivity index (χ3n) is 3.43. The van der Waals surface area contributed by atoms with E-state index in [0.29, 0.717) is 12.0 Å². The first-order valence-corrected chi connectivity index (χ1v) is 8.16. The SMILES string of the molecule is COCCNCc1sc(N(C)C(C)CC(C)C)nc1C. The highest BCUT2D eigenvalue weighted by molar-refractivity contribution is 7.15. The fraction of sp³-hybridized carbons (Fsp3) is 0.800. The summed E-state index contributed by atoms with van der Waals surface area (Å²) in [4.78, 5) is 8.33. The fourth-order valence-corrected chi connectivity index (χ4v) is 3.23. The third-order valence-corrected chi connectivity index (χ3v) is 4.67. The van der Waals surface area contributed by atoms with E-state index in [9.17, 15) is 0 Å². The van der Waals surface area contributed by atoms with Gasteiger partial charge in [0.2, 0.25) is 0 Å². The van der Waals surface area contributed by atoms with E-state index in [0.717, 1.165) is 30.5 Å². The predicted molar refractivity (Wildman–Crippen MR) is 87.8 cm³/mol. The van der Waals surface area contributed by atoms with Crippen LogP contribution in [0.5, 0.6) is 0 Å². The largest absolute Gasteiger partial charge is 0.383 e. The van der Waals surface area contributed by atoms with Crippen molar-refractivity contribution < 1.29 is 4.74 Å². The molecule has 1 aromatic rings. The number of aryl methyl sites for hydroxylation is 1. The van der Waals surface area contributed by atoms with Gasteiger partial charge in [0.25, 0.3) is 0 Å². The average molecular weight is 299 g/mol. The Kier molecular flexibility index (Phi) is 7.48. The molecule has 20 heavy (non-hydrogen) atoms. The molecule has 1 rings (SSSR count). The molecule has 0 spiro atoms. The summed E-state index contributed by atoms with van der Waals surface area (Å²) in [5.74, 6) is 0.712. The molecule has 1 atom stereocenters. The van der Waals surface area contributed by atoms with Gasteiger partial charge in [0.15, 0.2) is 5.13 Å². The first-order chi connectivity index (χ1) is 9.45. The lowest BCUT2D eigenvalue weighted by atomic mass is 10.0. The lowest BCUT2D eigenvalue weighted by molar-refractivity contribution is 0.199. The molecule has 1 N–H and O–H groups in total. The molecule has 1 aromatic heterocycles. The van der Waals surface area contributed by atoms with Gasteiger partial charge in [0.1, 0.15) is 0 Å². The zero-order valence-corrected chi connectivity index (χ0v) is 14.5. The molecular weight excluding hydrogens is 270 g/mol. The Morgan fingerprint density at radius 2 is 2.05 bits per heavy atom. The number of hydrogen-bond acceptors (Lipinski definition) is 5. The summed E-state index contributed by atoms with van der Waals surface area (Å²) in [6.07, 6.45) is 1.19. The lowest BCUT2D eigenvalue weighted by Gasteiger charge is -2.25. The Balaban J connectivity index is 2.59. The number of nitrogens with zero attached hydrogens (tertiary/aromatic N) is 2. The van der Waals surface area contributed by atoms with Gasteiger partial charge >= 0.3 is 0 Å². The zero-order chi connectivity index (χ0) is 15.1. The zero-order valence-electron chi connectivity index (χ0n) is 13.7. The molecule has 0 fully saturated rings. The van der Waals surface area contributed by atoms with Crippen LogP contribution in [0.3, 0.4) is 0 Å². The summed E-state index contributed by atoms with van der Waals surface area (Å²) in [6.45, 7) is 11.4. The molecule has 5 heteroatoms. The van der Waals surface area contributed by atoms with Gasteiger partial charge in [-0.2, -0.15) is 0 Å². The second kappa shape index (κ2) is 8.60. The Hall–Kier alpha value is -0.650. The number of thiazole rings is 1. The molecule has 0 aromatic carbocycles. The van der Waals surface area contributed by atoms with E-state index in [-0.39, 0.29) is 0 Å². The Morgan fingerprint density at radius 3 is 2.65 bits per heavy atom. The number of nitrogens with one attached hydrogen (secondary N) is 1. The summed E-state index contributed by atoms with van der Waals surface area (Å²) in [5.41, 5.74) is 1.14. The number of methoxy groups -OCH3 is 1. The van der Waals surface area contributed by atoms with Crippen LogP contribution in [0.25, 0.3) is 0 Å². The smallest absolute Gasteiger partial charge is 0.185 e. The van der Waals surface area contributed by atoms with E-state index < -0.39 is 0 Å². The first-order valence-electron chi connectivity index (χ1n) is 7.34. The molecule has 116 valence electrons. The van der Waals surface area contributed by atoms with Gasteiger partial charge in [-0.05, 0) is 26.2 Å². The maximum atomic E-state index is 5.04. The molecule has 4 nitrogen and oxygen atoms in total. The predicted octanol–water partition coefficient (Wildman–Crippen LogP) is 3.06. The second-order valence-electron chi connectivity index (χ2n) is 5.76. The lowest BCUT2D eigenvalue weighted by Crippen LogP contribution is -2.29. The summed E-state index contributed by atoms with van der Waals surface area (Å²) >= 11 is 1.79. The van der Waals surface area contributed by atoms with Crippen molar-refractivity contribution in [1.29, 1.82) is 0 Å². The van der Waals surface area contributed by atoms with Gasteiger partial charge in [-0.1, -0.05) is 13.8 Å². The molecule has 1 heterocycles. The molecule has 1 unspecified atom stereocenters. The molecule has 0 radical (unpaired) electrons. The molecule has 0 aliphatic carbocycles. The molecule has 0 saturated heterocycles. The summed E-state index contributed by atoms with van der Waals surface area (Å²) in [5, 5.41) is 4.51. The van der Waals surface area contributed by atoms with E-state index in [2.05, 4.69) is 45.0 Å². The molecule has 0 saturated carbocycles. The van der Waals surface area contributed by atoms with Crippen LogP contribution in [-0.2, 0) is 11.3 Å². The van der Waals surface area contributed by atoms with E-state index in [4.69, 9.17) is 9.72 Å². The summed E-state index contributed by atoms with van der Waals surface area (Å²) < 4.78 is 5.04. The van der Waals surface area contributed by atoms with Crippen LogP contribution < -0.4 is 10.2 Å². The summed E-state index contributed by atoms with van der Waals surface area (Å²) in [6, 6.07) is 0.523. The van der Waals surface area contributed by atoms with Crippen molar-refractivity contribution in [2.45, 2.75) is 46.7 Å². The summed E-state index contributed by atoms with van der Waals surface area (Å²) in [7, 11) is 3.87. The van der Waals surface area contributed by atoms with Crippen LogP contribution >= 0.6 is 11.3 Å². The van der Waals surface area contributed by atoms with Crippen molar-refractivity contribution in [2.75, 3.05) is 32.2 Å². The van der Waals surface area contributed by atoms with Crippen molar-refractivity contribution in [1.82, 2.24) is 10.3 Å². The van der Waals surface area contributed by atoms with Crippen LogP contribution in [0.1, 0.15) is 37.8 Å². The number of rotatable bonds is 9. The Bertz CT molecular complexity index is 392. The van der Waals surface area contributed by atoms with E-state index in [1.54, 1.807) is 18.4 Å². The van der Waals surface area contributed by atoms with Crippen molar-refractivity contribution in [3.63, 3.8) is 0 Å². The van der Waals surface area contributed by atoms with Gasteiger partial charge in [0, 0.05) is 38.2 Å². The van der Waals surface area contributed by atoms with Gasteiger partial charge in [0.05, 0.1) is 12.3 Å². The van der Waals surface area contributed by atoms with Gasteiger partial charge in [-0.15, -0.1) is 11.3 Å². The quantitative estimate of drug-likeness (QED) is 0.711. The van der Waals surface area contributed by atoms with Gasteiger partial charge in [-0.25, -0.2) is 4.98 Å². The molecule has 0 amide bonds. The van der Waals surface area contributed by atoms with Crippen LogP contribution in [0.15, 0.2) is 0 Å². The van der Waals surface area contributed by atoms with Gasteiger partial charge in [-0.3, -0.25) is 0 Å². The standard InChI is InChI=1S/C15H29N3OS/c1-11(2)9-12(3)18(5)15-17-13(4)14(20-15)10-16-7-8-19-6/h11-12,16H,7-10H2,1-6H3. The topological polar surface area (TPSA) is 37.4 Å². The van der Waals surface area contributed by atoms with Crippen LogP contribution in [0.4, 0.5) is 5.13 Å². The maximum Gasteiger partial charge on any atom is 0.185 e. The molecule has 0 aliphatic heterocycles. The Labute approximate surface area is 127 Å². The van der Waals surface area contributed by atoms with Crippen LogP contribution in [-0.4, -0.2) is 38.3 Å². The fourth-order valence-electron chi connectivity index (χ4n) is 2.13. The molecule has 0 aliphatic rings. The number of anilines is 1. The highest BCUT2D eigenvalue weighted by Gasteiger charge is 2.16. The van der Waals surface area contributed by atoms with Crippen molar-refractivity contribution in [2.24, 2.45) is 5.92 Å². The highest BCUT2D eigenvalue weighted by Crippen LogP contribution is 2.27. The van der Waals surface area contributed by atoms with Crippen molar-refractivity contribution in [3.05, 3.63) is 10.6 Å². The average Bonchev–Trinajstić information content (AvgIpc) is 2.74. The molecular formula is C15H29N3OS. The maximum absolute atomic E-state index is 5.04. The van der Waals surface area contributed by atoms with Crippen molar-refractivity contribution in [3.8, 4) is 0 Å². The number of hydrogen-bond donors (Lipinski definition) is 1. The minimum Gasteiger partial charge on any atom is -0.383 e. The van der Waals surface area contributed by atoms with E-state index in [1.807, 2.05) is 0 Å². The van der Waals surface area contributed by atoms with E-state index in [1.165, 1.54) is 11.3 Å². The monoisotopic (exact) mass is 299 g/mol. The minimum absolute atomic E-state index is 0.523. The highest BCUT2D eigenvalue weighted by atomic mass is 32.1.